The zero-order chi connectivity index (χ0) is 17.9. The van der Waals surface area contributed by atoms with Gasteiger partial charge >= 0.3 is 19.5 Å². The van der Waals surface area contributed by atoms with Gasteiger partial charge in [0.1, 0.15) is 5.69 Å². The quantitative estimate of drug-likeness (QED) is 0.296. The van der Waals surface area contributed by atoms with E-state index < -0.39 is 0 Å². The Bertz CT molecular complexity index is 1080. The van der Waals surface area contributed by atoms with E-state index in [9.17, 15) is 0 Å². The van der Waals surface area contributed by atoms with Gasteiger partial charge < -0.3 is 38.9 Å². The Morgan fingerprint density at radius 2 is 1.41 bits per heavy atom. The third kappa shape index (κ3) is 5.24. The van der Waals surface area contributed by atoms with Gasteiger partial charge in [-0.2, -0.15) is 0 Å². The molecule has 0 fully saturated rings. The van der Waals surface area contributed by atoms with Crippen LogP contribution in [0.2, 0.25) is 0 Å². The number of benzene rings is 1. The van der Waals surface area contributed by atoms with E-state index in [-0.39, 0.29) is 44.3 Å². The molecule has 1 aromatic carbocycles. The number of imidazole rings is 1. The molecule has 0 atom stereocenters. The number of ether oxygens (including phenoxy) is 2. The molecule has 0 radical (unpaired) electrons. The van der Waals surface area contributed by atoms with Crippen LogP contribution in [0, 0.1) is 0 Å². The minimum absolute atomic E-state index is 0. The number of methoxy groups -OCH3 is 2. The van der Waals surface area contributed by atoms with Crippen LogP contribution in [0.25, 0.3) is 22.6 Å². The predicted octanol–water partition coefficient (Wildman–Crippen LogP) is -2.44. The van der Waals surface area contributed by atoms with Crippen LogP contribution in [0.1, 0.15) is 5.69 Å². The van der Waals surface area contributed by atoms with Crippen molar-refractivity contribution in [2.24, 2.45) is 0 Å². The van der Waals surface area contributed by atoms with E-state index in [1.54, 1.807) is 14.2 Å². The van der Waals surface area contributed by atoms with E-state index in [0.29, 0.717) is 18.3 Å². The fourth-order valence-electron chi connectivity index (χ4n) is 2.91. The van der Waals surface area contributed by atoms with Crippen LogP contribution < -0.4 is 34.3 Å². The third-order valence-electron chi connectivity index (χ3n) is 4.13. The van der Waals surface area contributed by atoms with Crippen LogP contribution in [-0.4, -0.2) is 33.7 Å². The second-order valence-corrected chi connectivity index (χ2v) is 5.75. The summed E-state index contributed by atoms with van der Waals surface area (Å²) >= 11 is 0. The van der Waals surface area contributed by atoms with Gasteiger partial charge in [0.25, 0.3) is 0 Å². The van der Waals surface area contributed by atoms with Crippen LogP contribution in [0.15, 0.2) is 60.7 Å². The van der Waals surface area contributed by atoms with Crippen molar-refractivity contribution in [2.75, 3.05) is 14.2 Å². The van der Waals surface area contributed by atoms with Crippen molar-refractivity contribution in [1.29, 1.82) is 0 Å². The number of nitrogens with zero attached hydrogens (tertiary/aromatic N) is 4. The van der Waals surface area contributed by atoms with E-state index in [1.165, 1.54) is 0 Å². The normalized spacial score (nSPS) is 9.72. The van der Waals surface area contributed by atoms with Gasteiger partial charge in [0.05, 0.1) is 37.5 Å². The first-order valence-corrected chi connectivity index (χ1v) is 8.25. The molecule has 9 heteroatoms. The molecule has 0 aliphatic heterocycles. The Morgan fingerprint density at radius 1 is 0.759 bits per heavy atom. The summed E-state index contributed by atoms with van der Waals surface area (Å²) in [5, 5.41) is 0. The van der Waals surface area contributed by atoms with E-state index in [0.717, 1.165) is 28.2 Å². The number of fused-ring (bicyclic) bond motifs is 1. The zero-order valence-electron chi connectivity index (χ0n) is 16.0. The molecule has 4 aromatic rings. The average molecular weight is 483 g/mol. The Hall–Kier alpha value is -2.21. The molecule has 0 bridgehead atoms. The molecule has 146 valence electrons. The Morgan fingerprint density at radius 3 is 2.14 bits per heavy atom. The van der Waals surface area contributed by atoms with Crippen molar-refractivity contribution in [3.63, 3.8) is 0 Å². The summed E-state index contributed by atoms with van der Waals surface area (Å²) < 4.78 is 12.6. The topological polar surface area (TPSA) is 62.1 Å². The van der Waals surface area contributed by atoms with Gasteiger partial charge in [-0.25, -0.2) is 15.0 Å². The molecule has 3 heterocycles. The van der Waals surface area contributed by atoms with Gasteiger partial charge in [-0.1, -0.05) is 24.3 Å². The first-order chi connectivity index (χ1) is 12.8. The largest absolute Gasteiger partial charge is 2.00 e. The number of halogens is 2. The van der Waals surface area contributed by atoms with Crippen molar-refractivity contribution in [3.05, 3.63) is 66.4 Å². The fourth-order valence-corrected chi connectivity index (χ4v) is 2.91. The average Bonchev–Trinajstić information content (AvgIpc) is 3.07. The first-order valence-electron chi connectivity index (χ1n) is 8.25. The Balaban J connectivity index is 0.00000140. The van der Waals surface area contributed by atoms with E-state index in [1.807, 2.05) is 60.7 Å². The summed E-state index contributed by atoms with van der Waals surface area (Å²) in [5.74, 6) is 1.92. The number of rotatable bonds is 5. The van der Waals surface area contributed by atoms with E-state index >= 15 is 0 Å². The summed E-state index contributed by atoms with van der Waals surface area (Å²) in [6.07, 6.45) is 0. The maximum atomic E-state index is 5.26. The maximum Gasteiger partial charge on any atom is 2.00 e. The zero-order valence-corrected chi connectivity index (χ0v) is 20.5. The SMILES string of the molecule is COc1cccc(Cn2c(-c3cccc(OC)n3)nc3ccccc32)n1.[Cl-].[Cl-].[Zn+2]. The first kappa shape index (κ1) is 24.8. The fraction of sp³-hybridized carbons (Fsp3) is 0.150. The molecule has 0 saturated heterocycles. The molecule has 4 rings (SSSR count). The standard InChI is InChI=1S/C20H18N4O2.2ClH.Zn/c1-25-18-11-5-7-14(21-18)13-24-17-10-4-3-8-15(17)23-20(24)16-9-6-12-19(22-16)26-2;;;/h3-12H,13H2,1-2H3;2*1H;/q;;;+2/p-2. The predicted molar refractivity (Wildman–Crippen MR) is 99.4 cm³/mol. The van der Waals surface area contributed by atoms with Crippen molar-refractivity contribution in [2.45, 2.75) is 6.54 Å². The molecule has 3 aromatic heterocycles. The van der Waals surface area contributed by atoms with Gasteiger partial charge in [-0.05, 0) is 24.3 Å². The number of aromatic nitrogens is 4. The molecule has 0 saturated carbocycles. The second-order valence-electron chi connectivity index (χ2n) is 5.75. The van der Waals surface area contributed by atoms with Gasteiger partial charge in [-0.3, -0.25) is 0 Å². The van der Waals surface area contributed by atoms with Crippen molar-refractivity contribution < 1.29 is 53.8 Å². The number of hydrogen-bond donors (Lipinski definition) is 0. The van der Waals surface area contributed by atoms with Crippen LogP contribution >= 0.6 is 0 Å². The maximum absolute atomic E-state index is 5.26. The monoisotopic (exact) mass is 480 g/mol. The summed E-state index contributed by atoms with van der Waals surface area (Å²) in [6, 6.07) is 19.4. The van der Waals surface area contributed by atoms with Crippen molar-refractivity contribution >= 4 is 11.0 Å². The van der Waals surface area contributed by atoms with Gasteiger partial charge in [0.2, 0.25) is 11.8 Å². The van der Waals surface area contributed by atoms with E-state index in [2.05, 4.69) is 14.5 Å². The Kier molecular flexibility index (Phi) is 9.50. The minimum Gasteiger partial charge on any atom is -1.00 e. The molecular formula is C20H18Cl2N4O2Zn. The van der Waals surface area contributed by atoms with Gasteiger partial charge in [-0.15, -0.1) is 0 Å². The van der Waals surface area contributed by atoms with Crippen LogP contribution in [-0.2, 0) is 26.0 Å². The molecule has 0 aliphatic rings. The smallest absolute Gasteiger partial charge is 1.00 e. The van der Waals surface area contributed by atoms with Gasteiger partial charge in [0.15, 0.2) is 5.82 Å². The molecule has 0 N–H and O–H groups in total. The molecule has 0 unspecified atom stereocenters. The summed E-state index contributed by atoms with van der Waals surface area (Å²) in [7, 11) is 3.22. The van der Waals surface area contributed by atoms with Crippen molar-refractivity contribution in [3.8, 4) is 23.3 Å². The molecule has 0 amide bonds. The second kappa shape index (κ2) is 11.1. The summed E-state index contributed by atoms with van der Waals surface area (Å²) in [6.45, 7) is 0.561. The summed E-state index contributed by atoms with van der Waals surface area (Å²) in [5.41, 5.74) is 3.58. The Labute approximate surface area is 194 Å². The van der Waals surface area contributed by atoms with Crippen molar-refractivity contribution in [1.82, 2.24) is 19.5 Å². The molecule has 0 spiro atoms. The van der Waals surface area contributed by atoms with Crippen LogP contribution in [0.3, 0.4) is 0 Å². The summed E-state index contributed by atoms with van der Waals surface area (Å²) in [4.78, 5) is 13.9. The van der Waals surface area contributed by atoms with Crippen LogP contribution in [0.5, 0.6) is 11.8 Å². The molecular weight excluding hydrogens is 465 g/mol. The third-order valence-corrected chi connectivity index (χ3v) is 4.13. The molecule has 0 aliphatic carbocycles. The van der Waals surface area contributed by atoms with Gasteiger partial charge in [0, 0.05) is 12.1 Å². The molecule has 6 nitrogen and oxygen atoms in total. The molecule has 29 heavy (non-hydrogen) atoms. The minimum atomic E-state index is 0. The number of hydrogen-bond acceptors (Lipinski definition) is 5. The number of pyridine rings is 2. The van der Waals surface area contributed by atoms with Crippen LogP contribution in [0.4, 0.5) is 0 Å². The number of para-hydroxylation sites is 2. The van der Waals surface area contributed by atoms with E-state index in [4.69, 9.17) is 14.5 Å².